The Bertz CT molecular complexity index is 1210. The van der Waals surface area contributed by atoms with Crippen LogP contribution in [0.4, 0.5) is 0 Å². The molecular formula is C24H19BO2. The van der Waals surface area contributed by atoms with Crippen LogP contribution in [0.3, 0.4) is 0 Å². The number of benzene rings is 4. The number of hydrogen-bond acceptors (Lipinski definition) is 2. The molecular weight excluding hydrogens is 331 g/mol. The minimum atomic E-state index is -1.47. The van der Waals surface area contributed by atoms with Crippen molar-refractivity contribution in [3.63, 3.8) is 0 Å². The maximum Gasteiger partial charge on any atom is 0.488 e. The molecule has 0 aliphatic carbocycles. The van der Waals surface area contributed by atoms with Gasteiger partial charge in [-0.15, -0.1) is 0 Å². The van der Waals surface area contributed by atoms with Crippen molar-refractivity contribution in [1.82, 2.24) is 0 Å². The first-order valence-electron chi connectivity index (χ1n) is 8.82. The van der Waals surface area contributed by atoms with Crippen LogP contribution in [0.15, 0.2) is 78.9 Å². The first-order chi connectivity index (χ1) is 13.1. The van der Waals surface area contributed by atoms with Gasteiger partial charge in [0.15, 0.2) is 0 Å². The Kier molecular flexibility index (Phi) is 4.40. The lowest BCUT2D eigenvalue weighted by molar-refractivity contribution is 0.426. The summed E-state index contributed by atoms with van der Waals surface area (Å²) < 4.78 is 0. The largest absolute Gasteiger partial charge is 0.488 e. The van der Waals surface area contributed by atoms with Gasteiger partial charge in [-0.3, -0.25) is 0 Å². The van der Waals surface area contributed by atoms with Crippen LogP contribution in [0.2, 0.25) is 0 Å². The van der Waals surface area contributed by atoms with Gasteiger partial charge >= 0.3 is 7.12 Å². The molecule has 0 atom stereocenters. The fourth-order valence-electron chi connectivity index (χ4n) is 3.63. The molecule has 3 heteroatoms. The minimum absolute atomic E-state index is 0.462. The highest BCUT2D eigenvalue weighted by Gasteiger charge is 2.14. The van der Waals surface area contributed by atoms with Crippen molar-refractivity contribution < 1.29 is 10.0 Å². The lowest BCUT2D eigenvalue weighted by atomic mass is 9.79. The van der Waals surface area contributed by atoms with E-state index < -0.39 is 7.12 Å². The second-order valence-electron chi connectivity index (χ2n) is 6.61. The second kappa shape index (κ2) is 6.88. The molecule has 0 aromatic heterocycles. The average Bonchev–Trinajstić information content (AvgIpc) is 2.70. The Balaban J connectivity index is 2.06. The van der Waals surface area contributed by atoms with Gasteiger partial charge in [0.2, 0.25) is 0 Å². The number of hydrogen-bond donors (Lipinski definition) is 2. The molecule has 0 radical (unpaired) electrons. The molecule has 4 aromatic rings. The van der Waals surface area contributed by atoms with Crippen LogP contribution in [-0.4, -0.2) is 17.2 Å². The lowest BCUT2D eigenvalue weighted by Crippen LogP contribution is -2.30. The van der Waals surface area contributed by atoms with Gasteiger partial charge in [-0.2, -0.15) is 0 Å². The molecule has 0 aliphatic rings. The molecule has 4 rings (SSSR count). The molecule has 4 aromatic carbocycles. The average molecular weight is 350 g/mol. The zero-order valence-corrected chi connectivity index (χ0v) is 14.9. The van der Waals surface area contributed by atoms with E-state index in [4.69, 9.17) is 0 Å². The molecule has 0 aliphatic heterocycles. The summed E-state index contributed by atoms with van der Waals surface area (Å²) in [5.41, 5.74) is 4.68. The van der Waals surface area contributed by atoms with E-state index in [9.17, 15) is 10.0 Å². The molecule has 0 saturated carbocycles. The SMILES string of the molecule is C=c1c(-c2ccccc2)c2ccccc2c(-c2ccc(B(O)O)cc2)c1=C. The molecule has 0 saturated heterocycles. The van der Waals surface area contributed by atoms with Crippen LogP contribution < -0.4 is 15.9 Å². The molecule has 0 amide bonds. The third-order valence-electron chi connectivity index (χ3n) is 4.99. The van der Waals surface area contributed by atoms with Crippen molar-refractivity contribution in [2.24, 2.45) is 0 Å². The van der Waals surface area contributed by atoms with Gasteiger partial charge in [0.05, 0.1) is 0 Å². The van der Waals surface area contributed by atoms with Gasteiger partial charge in [-0.25, -0.2) is 0 Å². The molecule has 130 valence electrons. The van der Waals surface area contributed by atoms with Gasteiger partial charge in [0.1, 0.15) is 0 Å². The molecule has 0 heterocycles. The first-order valence-corrected chi connectivity index (χ1v) is 8.82. The van der Waals surface area contributed by atoms with Crippen LogP contribution in [-0.2, 0) is 0 Å². The number of fused-ring (bicyclic) bond motifs is 1. The topological polar surface area (TPSA) is 40.5 Å². The summed E-state index contributed by atoms with van der Waals surface area (Å²) in [4.78, 5) is 0. The van der Waals surface area contributed by atoms with Crippen LogP contribution >= 0.6 is 0 Å². The smallest absolute Gasteiger partial charge is 0.423 e. The van der Waals surface area contributed by atoms with Crippen molar-refractivity contribution in [3.05, 3.63) is 89.3 Å². The van der Waals surface area contributed by atoms with Crippen molar-refractivity contribution in [2.45, 2.75) is 0 Å². The summed E-state index contributed by atoms with van der Waals surface area (Å²) in [5.74, 6) is 0. The zero-order chi connectivity index (χ0) is 19.0. The van der Waals surface area contributed by atoms with Gasteiger partial charge in [0.25, 0.3) is 0 Å². The Morgan fingerprint density at radius 1 is 0.556 bits per heavy atom. The molecule has 0 bridgehead atoms. The predicted molar refractivity (Wildman–Crippen MR) is 115 cm³/mol. The molecule has 0 spiro atoms. The third-order valence-corrected chi connectivity index (χ3v) is 4.99. The Hall–Kier alpha value is -3.14. The third kappa shape index (κ3) is 2.97. The van der Waals surface area contributed by atoms with E-state index in [1.54, 1.807) is 12.1 Å². The van der Waals surface area contributed by atoms with Crippen molar-refractivity contribution in [1.29, 1.82) is 0 Å². The highest BCUT2D eigenvalue weighted by atomic mass is 16.4. The molecule has 0 fully saturated rings. The number of rotatable bonds is 3. The van der Waals surface area contributed by atoms with E-state index in [1.165, 1.54) is 0 Å². The van der Waals surface area contributed by atoms with Crippen LogP contribution in [0, 0.1) is 0 Å². The highest BCUT2D eigenvalue weighted by molar-refractivity contribution is 6.58. The van der Waals surface area contributed by atoms with Crippen molar-refractivity contribution in [2.75, 3.05) is 0 Å². The Morgan fingerprint density at radius 2 is 1.00 bits per heavy atom. The summed E-state index contributed by atoms with van der Waals surface area (Å²) in [6.45, 7) is 8.66. The van der Waals surface area contributed by atoms with Gasteiger partial charge in [-0.05, 0) is 48.9 Å². The van der Waals surface area contributed by atoms with Crippen molar-refractivity contribution in [3.8, 4) is 22.3 Å². The van der Waals surface area contributed by atoms with E-state index in [-0.39, 0.29) is 0 Å². The van der Waals surface area contributed by atoms with E-state index >= 15 is 0 Å². The highest BCUT2D eigenvalue weighted by Crippen LogP contribution is 2.30. The van der Waals surface area contributed by atoms with Gasteiger partial charge in [0, 0.05) is 0 Å². The van der Waals surface area contributed by atoms with Crippen LogP contribution in [0.5, 0.6) is 0 Å². The zero-order valence-electron chi connectivity index (χ0n) is 14.9. The van der Waals surface area contributed by atoms with Crippen molar-refractivity contribution >= 4 is 36.5 Å². The van der Waals surface area contributed by atoms with Crippen LogP contribution in [0.1, 0.15) is 0 Å². The summed E-state index contributed by atoms with van der Waals surface area (Å²) in [6, 6.07) is 25.7. The summed E-state index contributed by atoms with van der Waals surface area (Å²) in [7, 11) is -1.47. The molecule has 27 heavy (non-hydrogen) atoms. The van der Waals surface area contributed by atoms with E-state index in [2.05, 4.69) is 37.4 Å². The standard InChI is InChI=1S/C24H19BO2/c1-16-17(2)24(19-12-14-20(15-13-19)25(26)27)22-11-7-6-10-21(22)23(16)18-8-4-3-5-9-18/h3-15,26-27H,1-2H2. The Labute approximate surface area is 158 Å². The monoisotopic (exact) mass is 350 g/mol. The molecule has 0 unspecified atom stereocenters. The quantitative estimate of drug-likeness (QED) is 0.558. The summed E-state index contributed by atoms with van der Waals surface area (Å²) in [6.07, 6.45) is 0. The van der Waals surface area contributed by atoms with Crippen LogP contribution in [0.25, 0.3) is 46.2 Å². The predicted octanol–water partition coefficient (Wildman–Crippen LogP) is 2.67. The normalized spacial score (nSPS) is 10.9. The van der Waals surface area contributed by atoms with Gasteiger partial charge < -0.3 is 10.0 Å². The molecule has 2 nitrogen and oxygen atoms in total. The van der Waals surface area contributed by atoms with E-state index in [0.717, 1.165) is 43.5 Å². The molecule has 2 N–H and O–H groups in total. The second-order valence-corrected chi connectivity index (χ2v) is 6.61. The summed E-state index contributed by atoms with van der Waals surface area (Å²) >= 11 is 0. The minimum Gasteiger partial charge on any atom is -0.423 e. The van der Waals surface area contributed by atoms with Gasteiger partial charge in [-0.1, -0.05) is 92.0 Å². The first kappa shape index (κ1) is 17.3. The fourth-order valence-corrected chi connectivity index (χ4v) is 3.63. The van der Waals surface area contributed by atoms with E-state index in [1.807, 2.05) is 42.5 Å². The van der Waals surface area contributed by atoms with E-state index in [0.29, 0.717) is 5.46 Å². The lowest BCUT2D eigenvalue weighted by Gasteiger charge is -2.15. The maximum absolute atomic E-state index is 9.35. The fraction of sp³-hybridized carbons (Fsp3) is 0. The Morgan fingerprint density at radius 3 is 1.48 bits per heavy atom. The summed E-state index contributed by atoms with van der Waals surface area (Å²) in [5, 5.41) is 22.7. The maximum atomic E-state index is 9.35.